The van der Waals surface area contributed by atoms with Gasteiger partial charge in [-0.2, -0.15) is 0 Å². The zero-order valence-corrected chi connectivity index (χ0v) is 21.9. The van der Waals surface area contributed by atoms with Crippen LogP contribution in [0.4, 0.5) is 5.69 Å². The van der Waals surface area contributed by atoms with E-state index in [1.54, 1.807) is 30.2 Å². The zero-order chi connectivity index (χ0) is 25.8. The van der Waals surface area contributed by atoms with E-state index in [0.717, 1.165) is 49.1 Å². The summed E-state index contributed by atoms with van der Waals surface area (Å²) in [6, 6.07) is 21.9. The molecule has 3 aromatic rings. The number of anilines is 1. The molecular formula is C29H31Cl2NO4. The molecule has 0 radical (unpaired) electrons. The Bertz CT molecular complexity index is 1120. The van der Waals surface area contributed by atoms with E-state index in [4.69, 9.17) is 32.7 Å². The molecular weight excluding hydrogens is 497 g/mol. The number of nitrogens with zero attached hydrogens (tertiary/aromatic N) is 1. The Morgan fingerprint density at radius 1 is 0.833 bits per heavy atom. The topological polar surface area (TPSA) is 55.8 Å². The highest BCUT2D eigenvalue weighted by molar-refractivity contribution is 6.37. The summed E-state index contributed by atoms with van der Waals surface area (Å²) in [6.45, 7) is 0.857. The first-order chi connectivity index (χ1) is 17.5. The molecule has 3 rings (SSSR count). The average Bonchev–Trinajstić information content (AvgIpc) is 2.89. The fourth-order valence-electron chi connectivity index (χ4n) is 3.80. The van der Waals surface area contributed by atoms with Crippen molar-refractivity contribution in [2.75, 3.05) is 18.6 Å². The van der Waals surface area contributed by atoms with Gasteiger partial charge < -0.3 is 14.4 Å². The number of amides is 1. The molecule has 36 heavy (non-hydrogen) atoms. The number of hydrogen-bond acceptors (Lipinski definition) is 4. The summed E-state index contributed by atoms with van der Waals surface area (Å²) < 4.78 is 10.6. The van der Waals surface area contributed by atoms with Gasteiger partial charge in [-0.3, -0.25) is 9.59 Å². The van der Waals surface area contributed by atoms with Crippen LogP contribution in [0.15, 0.2) is 72.8 Å². The van der Waals surface area contributed by atoms with Gasteiger partial charge in [0.2, 0.25) is 0 Å². The number of ether oxygens (including phenoxy) is 2. The summed E-state index contributed by atoms with van der Waals surface area (Å²) in [7, 11) is 1.61. The molecule has 0 heterocycles. The summed E-state index contributed by atoms with van der Waals surface area (Å²) in [6.07, 6.45) is 4.86. The highest BCUT2D eigenvalue weighted by Crippen LogP contribution is 2.26. The number of rotatable bonds is 13. The van der Waals surface area contributed by atoms with Gasteiger partial charge in [0, 0.05) is 23.7 Å². The Kier molecular flexibility index (Phi) is 11.1. The molecule has 0 aliphatic heterocycles. The second kappa shape index (κ2) is 14.5. The number of methoxy groups -OCH3 is 1. The van der Waals surface area contributed by atoms with Crippen LogP contribution in [0.2, 0.25) is 10.0 Å². The van der Waals surface area contributed by atoms with Gasteiger partial charge in [0.1, 0.15) is 12.4 Å². The first-order valence-electron chi connectivity index (χ1n) is 12.1. The van der Waals surface area contributed by atoms with Crippen molar-refractivity contribution in [3.8, 4) is 5.75 Å². The van der Waals surface area contributed by atoms with Gasteiger partial charge in [-0.15, -0.1) is 0 Å². The van der Waals surface area contributed by atoms with Crippen molar-refractivity contribution < 1.29 is 19.1 Å². The Morgan fingerprint density at radius 2 is 1.53 bits per heavy atom. The van der Waals surface area contributed by atoms with Crippen LogP contribution in [0.5, 0.6) is 5.75 Å². The molecule has 7 heteroatoms. The number of unbranched alkanes of at least 4 members (excludes halogenated alkanes) is 4. The highest BCUT2D eigenvalue weighted by Gasteiger charge is 2.20. The molecule has 3 aromatic carbocycles. The van der Waals surface area contributed by atoms with Crippen LogP contribution in [0.3, 0.4) is 0 Å². The molecule has 5 nitrogen and oxygen atoms in total. The Hall–Kier alpha value is -3.02. The van der Waals surface area contributed by atoms with Crippen LogP contribution < -0.4 is 9.64 Å². The first kappa shape index (κ1) is 27.6. The van der Waals surface area contributed by atoms with E-state index in [9.17, 15) is 9.59 Å². The molecule has 190 valence electrons. The maximum Gasteiger partial charge on any atom is 0.306 e. The monoisotopic (exact) mass is 527 g/mol. The van der Waals surface area contributed by atoms with Crippen molar-refractivity contribution in [3.05, 3.63) is 94.0 Å². The molecule has 0 aliphatic rings. The smallest absolute Gasteiger partial charge is 0.306 e. The second-order valence-electron chi connectivity index (χ2n) is 8.44. The van der Waals surface area contributed by atoms with Crippen LogP contribution in [-0.4, -0.2) is 25.5 Å². The van der Waals surface area contributed by atoms with E-state index in [1.165, 1.54) is 0 Å². The number of carbonyl (C=O) groups excluding carboxylic acids is 2. The summed E-state index contributed by atoms with van der Waals surface area (Å²) >= 11 is 12.3. The van der Waals surface area contributed by atoms with E-state index >= 15 is 0 Å². The van der Waals surface area contributed by atoms with Gasteiger partial charge in [0.05, 0.1) is 17.7 Å². The molecule has 0 spiro atoms. The van der Waals surface area contributed by atoms with Crippen LogP contribution >= 0.6 is 23.2 Å². The van der Waals surface area contributed by atoms with E-state index in [1.807, 2.05) is 54.6 Å². The van der Waals surface area contributed by atoms with E-state index < -0.39 is 0 Å². The number of halogens is 2. The number of benzene rings is 3. The minimum absolute atomic E-state index is 0.171. The molecule has 0 saturated carbocycles. The highest BCUT2D eigenvalue weighted by atomic mass is 35.5. The van der Waals surface area contributed by atoms with Crippen LogP contribution in [0.25, 0.3) is 0 Å². The van der Waals surface area contributed by atoms with Crippen molar-refractivity contribution in [2.45, 2.75) is 45.1 Å². The fraction of sp³-hybridized carbons (Fsp3) is 0.310. The quantitative estimate of drug-likeness (QED) is 0.168. The molecule has 0 aliphatic carbocycles. The van der Waals surface area contributed by atoms with Crippen molar-refractivity contribution in [2.24, 2.45) is 0 Å². The molecule has 0 atom stereocenters. The van der Waals surface area contributed by atoms with Gasteiger partial charge >= 0.3 is 5.97 Å². The van der Waals surface area contributed by atoms with Crippen molar-refractivity contribution in [3.63, 3.8) is 0 Å². The lowest BCUT2D eigenvalue weighted by Crippen LogP contribution is -2.32. The predicted molar refractivity (Wildman–Crippen MR) is 145 cm³/mol. The minimum atomic E-state index is -0.178. The largest absolute Gasteiger partial charge is 0.497 e. The molecule has 1 amide bonds. The van der Waals surface area contributed by atoms with Gasteiger partial charge in [-0.05, 0) is 60.9 Å². The minimum Gasteiger partial charge on any atom is -0.497 e. The number of hydrogen-bond donors (Lipinski definition) is 0. The maximum absolute atomic E-state index is 13.4. The summed E-state index contributed by atoms with van der Waals surface area (Å²) in [5.74, 6) is 0.371. The average molecular weight is 528 g/mol. The van der Waals surface area contributed by atoms with Crippen molar-refractivity contribution in [1.29, 1.82) is 0 Å². The summed E-state index contributed by atoms with van der Waals surface area (Å²) in [5, 5.41) is 0.807. The zero-order valence-electron chi connectivity index (χ0n) is 20.4. The summed E-state index contributed by atoms with van der Waals surface area (Å²) in [5.41, 5.74) is 2.17. The van der Waals surface area contributed by atoms with Crippen molar-refractivity contribution >= 4 is 40.8 Å². The van der Waals surface area contributed by atoms with E-state index in [-0.39, 0.29) is 11.9 Å². The molecule has 0 aromatic heterocycles. The van der Waals surface area contributed by atoms with E-state index in [2.05, 4.69) is 0 Å². The number of carbonyl (C=O) groups is 2. The van der Waals surface area contributed by atoms with Crippen LogP contribution in [0, 0.1) is 0 Å². The third-order valence-corrected chi connectivity index (χ3v) is 6.34. The lowest BCUT2D eigenvalue weighted by Gasteiger charge is -2.24. The fourth-order valence-corrected chi connectivity index (χ4v) is 4.29. The molecule has 0 N–H and O–H groups in total. The van der Waals surface area contributed by atoms with Crippen LogP contribution in [-0.2, 0) is 16.1 Å². The molecule has 0 unspecified atom stereocenters. The first-order valence-corrected chi connectivity index (χ1v) is 12.8. The lowest BCUT2D eigenvalue weighted by molar-refractivity contribution is -0.145. The SMILES string of the molecule is COc1ccc(N(CCCCCCCC(=O)OCc2ccccc2)C(=O)c2ccc(Cl)cc2Cl)cc1. The Morgan fingerprint density at radius 3 is 2.22 bits per heavy atom. The summed E-state index contributed by atoms with van der Waals surface area (Å²) in [4.78, 5) is 27.0. The lowest BCUT2D eigenvalue weighted by atomic mass is 10.1. The van der Waals surface area contributed by atoms with Gasteiger partial charge in [0.25, 0.3) is 5.91 Å². The third kappa shape index (κ3) is 8.58. The predicted octanol–water partition coefficient (Wildman–Crippen LogP) is 7.73. The van der Waals surface area contributed by atoms with E-state index in [0.29, 0.717) is 35.2 Å². The molecule has 0 fully saturated rings. The van der Waals surface area contributed by atoms with Crippen molar-refractivity contribution in [1.82, 2.24) is 0 Å². The standard InChI is InChI=1S/C29H31Cl2NO4/c1-35-25-16-14-24(15-17-25)32(29(34)26-18-13-23(30)20-27(26)31)19-9-4-2-3-8-12-28(33)36-21-22-10-6-5-7-11-22/h5-7,10-11,13-18,20H,2-4,8-9,12,19,21H2,1H3. The molecule has 0 saturated heterocycles. The third-order valence-electron chi connectivity index (χ3n) is 5.80. The number of esters is 1. The van der Waals surface area contributed by atoms with Gasteiger partial charge in [-0.1, -0.05) is 72.8 Å². The van der Waals surface area contributed by atoms with Crippen LogP contribution in [0.1, 0.15) is 54.4 Å². The van der Waals surface area contributed by atoms with Gasteiger partial charge in [0.15, 0.2) is 0 Å². The van der Waals surface area contributed by atoms with Gasteiger partial charge in [-0.25, -0.2) is 0 Å². The molecule has 0 bridgehead atoms. The Balaban J connectivity index is 1.46. The normalized spacial score (nSPS) is 10.6. The maximum atomic E-state index is 13.4. The second-order valence-corrected chi connectivity index (χ2v) is 9.29. The Labute approximate surface area is 222 Å².